The predicted octanol–water partition coefficient (Wildman–Crippen LogP) is 21.5. The molecule has 0 aliphatic heterocycles. The monoisotopic (exact) mass is 1010 g/mol. The molecule has 71 heavy (non-hydrogen) atoms. The number of aliphatic hydroxyl groups excluding tert-OH is 2. The van der Waals surface area contributed by atoms with Crippen molar-refractivity contribution in [2.75, 3.05) is 13.2 Å². The second kappa shape index (κ2) is 65.0. The van der Waals surface area contributed by atoms with Gasteiger partial charge in [0, 0.05) is 6.42 Å². The Morgan fingerprint density at radius 2 is 0.521 bits per heavy atom. The first-order valence-corrected chi connectivity index (χ1v) is 32.6. The molecule has 0 radical (unpaired) electrons. The van der Waals surface area contributed by atoms with Crippen LogP contribution in [0, 0.1) is 5.92 Å². The van der Waals surface area contributed by atoms with E-state index < -0.39 is 12.1 Å². The first-order chi connectivity index (χ1) is 34.9. The van der Waals surface area contributed by atoms with Gasteiger partial charge in [-0.15, -0.1) is 0 Å². The Kier molecular flexibility index (Phi) is 65.8. The zero-order valence-corrected chi connectivity index (χ0v) is 48.7. The van der Waals surface area contributed by atoms with Crippen LogP contribution in [0.25, 0.3) is 0 Å². The fourth-order valence-electron chi connectivity index (χ4n) is 10.3. The summed E-state index contributed by atoms with van der Waals surface area (Å²) in [5.74, 6) is -0.926. The summed E-state index contributed by atoms with van der Waals surface area (Å²) in [6, 6.07) is 0. The number of aliphatic hydroxyl groups is 2. The van der Waals surface area contributed by atoms with Crippen LogP contribution >= 0.6 is 0 Å². The number of carboxylic acids is 1. The molecule has 2 unspecified atom stereocenters. The van der Waals surface area contributed by atoms with Gasteiger partial charge >= 0.3 is 11.9 Å². The molecular weight excluding hydrogens is 877 g/mol. The summed E-state index contributed by atoms with van der Waals surface area (Å²) in [4.78, 5) is 23.1. The van der Waals surface area contributed by atoms with Gasteiger partial charge < -0.3 is 20.1 Å². The average molecular weight is 1010 g/mol. The maximum Gasteiger partial charge on any atom is 0.306 e. The molecule has 3 N–H and O–H groups in total. The number of carbonyl (C=O) groups is 2. The molecule has 0 bridgehead atoms. The molecule has 0 aliphatic rings. The first kappa shape index (κ1) is 71.9. The number of carboxylic acid groups (broad SMARTS) is 1. The Morgan fingerprint density at radius 1 is 0.324 bits per heavy atom. The quantitative estimate of drug-likeness (QED) is 0.0414. The van der Waals surface area contributed by atoms with Gasteiger partial charge in [-0.05, 0) is 19.3 Å². The number of aliphatic carboxylic acids is 1. The Hall–Kier alpha value is -1.14. The summed E-state index contributed by atoms with van der Waals surface area (Å²) in [6.45, 7) is 6.39. The number of rotatable bonds is 60. The summed E-state index contributed by atoms with van der Waals surface area (Å²) in [5, 5.41) is 27.4. The summed E-state index contributed by atoms with van der Waals surface area (Å²) in [6.07, 6.45) is 73.6. The first-order valence-electron chi connectivity index (χ1n) is 32.6. The Morgan fingerprint density at radius 3 is 0.718 bits per heavy atom. The smallest absolute Gasteiger partial charge is 0.306 e. The van der Waals surface area contributed by atoms with Gasteiger partial charge in [-0.2, -0.15) is 0 Å². The van der Waals surface area contributed by atoms with Crippen molar-refractivity contribution in [1.29, 1.82) is 0 Å². The van der Waals surface area contributed by atoms with E-state index >= 15 is 0 Å². The van der Waals surface area contributed by atoms with Crippen LogP contribution in [0.2, 0.25) is 0 Å². The number of hydrogen-bond acceptors (Lipinski definition) is 5. The minimum Gasteiger partial charge on any atom is -0.481 e. The van der Waals surface area contributed by atoms with Crippen LogP contribution in [0.15, 0.2) is 0 Å². The van der Waals surface area contributed by atoms with Crippen molar-refractivity contribution < 1.29 is 29.6 Å². The molecule has 0 amide bonds. The molecular formula is C65H130O6. The second-order valence-corrected chi connectivity index (χ2v) is 22.6. The Bertz CT molecular complexity index is 987. The van der Waals surface area contributed by atoms with Crippen molar-refractivity contribution in [3.8, 4) is 0 Å². The fraction of sp³-hybridized carbons (Fsp3) is 0.969. The molecule has 0 aliphatic carbocycles. The van der Waals surface area contributed by atoms with Gasteiger partial charge in [0.2, 0.25) is 0 Å². The van der Waals surface area contributed by atoms with Crippen LogP contribution in [-0.2, 0) is 14.3 Å². The lowest BCUT2D eigenvalue weighted by molar-refractivity contribution is -0.147. The minimum absolute atomic E-state index is 0.0993. The highest BCUT2D eigenvalue weighted by Crippen LogP contribution is 2.22. The van der Waals surface area contributed by atoms with Crippen LogP contribution in [-0.4, -0.2) is 46.6 Å². The summed E-state index contributed by atoms with van der Waals surface area (Å²) in [7, 11) is 0. The maximum absolute atomic E-state index is 11.7. The third kappa shape index (κ3) is 64.9. The van der Waals surface area contributed by atoms with Crippen LogP contribution in [0.4, 0.5) is 0 Å². The molecule has 0 heterocycles. The lowest BCUT2D eigenvalue weighted by Gasteiger charge is -2.12. The van der Waals surface area contributed by atoms with Crippen molar-refractivity contribution in [2.45, 2.75) is 386 Å². The summed E-state index contributed by atoms with van der Waals surface area (Å²) in [5.41, 5.74) is 0. The maximum atomic E-state index is 11.7. The molecule has 0 aromatic carbocycles. The molecule has 6 nitrogen and oxygen atoms in total. The van der Waals surface area contributed by atoms with E-state index in [1.165, 1.54) is 315 Å². The number of carbonyl (C=O) groups excluding carboxylic acids is 1. The molecule has 0 aromatic heterocycles. The van der Waals surface area contributed by atoms with E-state index in [1.807, 2.05) is 0 Å². The van der Waals surface area contributed by atoms with Crippen molar-refractivity contribution in [3.05, 3.63) is 0 Å². The molecule has 0 fully saturated rings. The van der Waals surface area contributed by atoms with Crippen LogP contribution in [0.3, 0.4) is 0 Å². The average Bonchev–Trinajstić information content (AvgIpc) is 3.37. The van der Waals surface area contributed by atoms with Gasteiger partial charge in [0.05, 0.1) is 12.5 Å². The number of hydrogen-bond donors (Lipinski definition) is 3. The lowest BCUT2D eigenvalue weighted by atomic mass is 9.94. The standard InChI is InChI=1S/C40H80O2.C25H50O4/c1-3-5-7-9-11-13-15-17-19-21-22-24-26-28-30-32-34-36-38-39(40(41)42)37-35-33-31-29-27-25-23-20-18-16-14-12-10-8-6-4-2;1-2-3-4-5-6-7-8-9-10-11-12-13-14-15-16-17-18-19-20-21-25(28)29-23-24(27)22-26/h39H,3-38H2,1-2H3,(H,41,42);24,26-27H,2-23H2,1H3. The highest BCUT2D eigenvalue weighted by Gasteiger charge is 2.16. The van der Waals surface area contributed by atoms with Gasteiger partial charge in [0.1, 0.15) is 12.7 Å². The summed E-state index contributed by atoms with van der Waals surface area (Å²) >= 11 is 0. The van der Waals surface area contributed by atoms with Crippen LogP contribution in [0.1, 0.15) is 380 Å². The van der Waals surface area contributed by atoms with E-state index in [-0.39, 0.29) is 25.1 Å². The normalized spacial score (nSPS) is 12.2. The molecule has 0 aromatic rings. The van der Waals surface area contributed by atoms with Gasteiger partial charge in [-0.3, -0.25) is 9.59 Å². The zero-order valence-electron chi connectivity index (χ0n) is 48.7. The molecule has 6 heteroatoms. The van der Waals surface area contributed by atoms with E-state index in [2.05, 4.69) is 20.8 Å². The minimum atomic E-state index is -0.955. The van der Waals surface area contributed by atoms with E-state index in [0.717, 1.165) is 38.5 Å². The van der Waals surface area contributed by atoms with E-state index in [4.69, 9.17) is 14.9 Å². The number of esters is 1. The summed E-state index contributed by atoms with van der Waals surface area (Å²) < 4.78 is 4.88. The third-order valence-corrected chi connectivity index (χ3v) is 15.3. The SMILES string of the molecule is CCCCCCCCCCCCCCCCCCCCC(CCCCCCCCCCCCCCCCCC)C(=O)O.CCCCCCCCCCCCCCCCCCCCCC(=O)OCC(O)CO. The largest absolute Gasteiger partial charge is 0.481 e. The molecule has 0 saturated heterocycles. The lowest BCUT2D eigenvalue weighted by Crippen LogP contribution is -2.21. The van der Waals surface area contributed by atoms with E-state index in [9.17, 15) is 14.7 Å². The van der Waals surface area contributed by atoms with E-state index in [0.29, 0.717) is 6.42 Å². The molecule has 0 saturated carbocycles. The van der Waals surface area contributed by atoms with Crippen LogP contribution in [0.5, 0.6) is 0 Å². The topological polar surface area (TPSA) is 104 Å². The third-order valence-electron chi connectivity index (χ3n) is 15.3. The Labute approximate surface area is 445 Å². The van der Waals surface area contributed by atoms with Gasteiger partial charge in [0.25, 0.3) is 0 Å². The highest BCUT2D eigenvalue weighted by molar-refractivity contribution is 5.70. The van der Waals surface area contributed by atoms with Gasteiger partial charge in [-0.1, -0.05) is 355 Å². The van der Waals surface area contributed by atoms with Crippen molar-refractivity contribution >= 4 is 11.9 Å². The highest BCUT2D eigenvalue weighted by atomic mass is 16.5. The van der Waals surface area contributed by atoms with Gasteiger partial charge in [0.15, 0.2) is 0 Å². The predicted molar refractivity (Wildman–Crippen MR) is 311 cm³/mol. The second-order valence-electron chi connectivity index (χ2n) is 22.6. The van der Waals surface area contributed by atoms with Crippen molar-refractivity contribution in [3.63, 3.8) is 0 Å². The fourth-order valence-corrected chi connectivity index (χ4v) is 10.3. The Balaban J connectivity index is 0. The van der Waals surface area contributed by atoms with E-state index in [1.54, 1.807) is 0 Å². The molecule has 2 atom stereocenters. The van der Waals surface area contributed by atoms with Crippen LogP contribution < -0.4 is 0 Å². The zero-order chi connectivity index (χ0) is 52.0. The number of ether oxygens (including phenoxy) is 1. The molecule has 0 rings (SSSR count). The number of unbranched alkanes of at least 4 members (excludes halogenated alkanes) is 50. The van der Waals surface area contributed by atoms with Crippen molar-refractivity contribution in [2.24, 2.45) is 5.92 Å². The van der Waals surface area contributed by atoms with Crippen molar-refractivity contribution in [1.82, 2.24) is 0 Å². The van der Waals surface area contributed by atoms with Gasteiger partial charge in [-0.25, -0.2) is 0 Å². The molecule has 426 valence electrons. The molecule has 0 spiro atoms.